The van der Waals surface area contributed by atoms with Gasteiger partial charge in [0.2, 0.25) is 0 Å². The summed E-state index contributed by atoms with van der Waals surface area (Å²) < 4.78 is 37.2. The standard InChI is InChI=1S/C6H11F2N.C6H12FN.C6H13NO.C6H13N/c1-5-3-6(7,8)4-9(5)2;1-5-3-6(7)4-8(5)2;1-5-3-6(8)4-7(5)2;1-6-4-3-5-7(6)2/h5H,3-4H2,1-2H3;5-6H,3-4H2,1-2H3;5-6,8H,3-4H2,1-2H3;6H,3-5H2,1-2H3/t5-;2*5-,6?;6-/m0000/s1. The van der Waals surface area contributed by atoms with Gasteiger partial charge < -0.3 is 19.8 Å². The zero-order chi connectivity index (χ0) is 24.6. The molecule has 192 valence electrons. The normalized spacial score (nSPS) is 37.9. The van der Waals surface area contributed by atoms with Gasteiger partial charge in [0.15, 0.2) is 0 Å². The van der Waals surface area contributed by atoms with E-state index in [9.17, 15) is 13.2 Å². The summed E-state index contributed by atoms with van der Waals surface area (Å²) in [6.45, 7) is 11.0. The fourth-order valence-corrected chi connectivity index (χ4v) is 4.53. The maximum atomic E-state index is 12.4. The van der Waals surface area contributed by atoms with E-state index in [4.69, 9.17) is 5.11 Å². The first-order valence-electron chi connectivity index (χ1n) is 12.2. The Morgan fingerprint density at radius 2 is 1.31 bits per heavy atom. The Labute approximate surface area is 194 Å². The second kappa shape index (κ2) is 13.5. The van der Waals surface area contributed by atoms with Gasteiger partial charge >= 0.3 is 0 Å². The van der Waals surface area contributed by atoms with E-state index in [2.05, 4.69) is 37.6 Å². The van der Waals surface area contributed by atoms with E-state index in [0.717, 1.165) is 25.4 Å². The van der Waals surface area contributed by atoms with E-state index in [0.29, 0.717) is 18.6 Å². The van der Waals surface area contributed by atoms with E-state index < -0.39 is 12.1 Å². The van der Waals surface area contributed by atoms with Gasteiger partial charge in [0.05, 0.1) is 12.6 Å². The van der Waals surface area contributed by atoms with Gasteiger partial charge in [-0.2, -0.15) is 0 Å². The third kappa shape index (κ3) is 10.7. The topological polar surface area (TPSA) is 33.2 Å². The number of likely N-dealkylation sites (N-methyl/N-ethyl adjacent to an activating group) is 1. The molecule has 4 heterocycles. The number of nitrogens with zero attached hydrogens (tertiary/aromatic N) is 4. The average Bonchev–Trinajstić information content (AvgIpc) is 3.33. The molecule has 0 spiro atoms. The summed E-state index contributed by atoms with van der Waals surface area (Å²) in [4.78, 5) is 8.30. The number of aliphatic hydroxyl groups is 1. The van der Waals surface area contributed by atoms with Crippen LogP contribution in [0.25, 0.3) is 0 Å². The van der Waals surface area contributed by atoms with E-state index in [1.807, 2.05) is 25.9 Å². The van der Waals surface area contributed by atoms with Crippen molar-refractivity contribution in [2.45, 2.75) is 102 Å². The third-order valence-electron chi connectivity index (χ3n) is 7.41. The Kier molecular flexibility index (Phi) is 12.5. The summed E-state index contributed by atoms with van der Waals surface area (Å²) in [5.74, 6) is -2.44. The summed E-state index contributed by atoms with van der Waals surface area (Å²) in [7, 11) is 7.92. The molecular formula is C24H49F3N4O. The van der Waals surface area contributed by atoms with Crippen LogP contribution in [0.2, 0.25) is 0 Å². The van der Waals surface area contributed by atoms with Gasteiger partial charge in [-0.15, -0.1) is 0 Å². The molecule has 4 aliphatic heterocycles. The molecule has 1 N–H and O–H groups in total. The van der Waals surface area contributed by atoms with Crippen LogP contribution in [-0.2, 0) is 0 Å². The molecule has 0 aromatic rings. The van der Waals surface area contributed by atoms with Crippen LogP contribution in [0, 0.1) is 0 Å². The van der Waals surface area contributed by atoms with Crippen molar-refractivity contribution >= 4 is 0 Å². The van der Waals surface area contributed by atoms with Gasteiger partial charge in [0.1, 0.15) is 6.17 Å². The second-order valence-corrected chi connectivity index (χ2v) is 10.6. The molecule has 0 aromatic heterocycles. The molecule has 5 nitrogen and oxygen atoms in total. The number of alkyl halides is 3. The van der Waals surface area contributed by atoms with E-state index in [-0.39, 0.29) is 25.1 Å². The lowest BCUT2D eigenvalue weighted by atomic mass is 10.2. The first-order valence-corrected chi connectivity index (χ1v) is 12.2. The highest BCUT2D eigenvalue weighted by molar-refractivity contribution is 4.85. The number of halogens is 3. The van der Waals surface area contributed by atoms with Crippen molar-refractivity contribution in [1.82, 2.24) is 19.6 Å². The molecule has 6 atom stereocenters. The minimum atomic E-state index is -2.44. The highest BCUT2D eigenvalue weighted by Gasteiger charge is 2.40. The molecule has 4 saturated heterocycles. The number of rotatable bonds is 0. The first-order chi connectivity index (χ1) is 14.7. The molecule has 4 fully saturated rings. The van der Waals surface area contributed by atoms with Crippen LogP contribution >= 0.6 is 0 Å². The quantitative estimate of drug-likeness (QED) is 0.590. The van der Waals surface area contributed by atoms with Crippen LogP contribution < -0.4 is 0 Å². The minimum absolute atomic E-state index is 0.0174. The SMILES string of the molecule is C[C@H]1CC(F)(F)CN1C.C[C@H]1CC(F)CN1C.C[C@H]1CC(O)CN1C.C[C@H]1CCCN1C. The van der Waals surface area contributed by atoms with Gasteiger partial charge in [-0.3, -0.25) is 4.90 Å². The lowest BCUT2D eigenvalue weighted by Gasteiger charge is -2.12. The van der Waals surface area contributed by atoms with Crippen molar-refractivity contribution < 1.29 is 18.3 Å². The molecular weight excluding hydrogens is 417 g/mol. The van der Waals surface area contributed by atoms with E-state index in [1.165, 1.54) is 19.4 Å². The maximum Gasteiger partial charge on any atom is 0.262 e. The molecule has 0 aliphatic carbocycles. The Bertz CT molecular complexity index is 465. The van der Waals surface area contributed by atoms with Crippen LogP contribution in [0.1, 0.15) is 59.8 Å². The van der Waals surface area contributed by atoms with E-state index in [1.54, 1.807) is 11.9 Å². The number of hydrogen-bond acceptors (Lipinski definition) is 5. The van der Waals surface area contributed by atoms with Crippen molar-refractivity contribution in [3.05, 3.63) is 0 Å². The van der Waals surface area contributed by atoms with Crippen LogP contribution in [0.5, 0.6) is 0 Å². The summed E-state index contributed by atoms with van der Waals surface area (Å²) in [6.07, 6.45) is 3.83. The Morgan fingerprint density at radius 1 is 0.750 bits per heavy atom. The van der Waals surface area contributed by atoms with Crippen molar-refractivity contribution in [3.8, 4) is 0 Å². The van der Waals surface area contributed by atoms with Gasteiger partial charge in [0, 0.05) is 43.7 Å². The summed E-state index contributed by atoms with van der Waals surface area (Å²) >= 11 is 0. The molecule has 0 saturated carbocycles. The van der Waals surface area contributed by atoms with Crippen molar-refractivity contribution in [2.24, 2.45) is 0 Å². The number of aliphatic hydroxyl groups excluding tert-OH is 1. The van der Waals surface area contributed by atoms with Crippen molar-refractivity contribution in [3.63, 3.8) is 0 Å². The largest absolute Gasteiger partial charge is 0.392 e. The maximum absolute atomic E-state index is 12.4. The summed E-state index contributed by atoms with van der Waals surface area (Å²) in [5.41, 5.74) is 0. The average molecular weight is 467 g/mol. The fraction of sp³-hybridized carbons (Fsp3) is 1.00. The number of β-amino-alcohol motifs (C(OH)–C–C–N with tert-alkyl or cyclic N) is 1. The predicted molar refractivity (Wildman–Crippen MR) is 127 cm³/mol. The predicted octanol–water partition coefficient (Wildman–Crippen LogP) is 3.57. The Balaban J connectivity index is 0.000000214. The Hall–Kier alpha value is -0.410. The molecule has 8 heteroatoms. The fourth-order valence-electron chi connectivity index (χ4n) is 4.53. The van der Waals surface area contributed by atoms with Crippen molar-refractivity contribution in [1.29, 1.82) is 0 Å². The molecule has 32 heavy (non-hydrogen) atoms. The smallest absolute Gasteiger partial charge is 0.262 e. The van der Waals surface area contributed by atoms with E-state index >= 15 is 0 Å². The molecule has 0 amide bonds. The van der Waals surface area contributed by atoms with Crippen molar-refractivity contribution in [2.75, 3.05) is 54.4 Å². The van der Waals surface area contributed by atoms with Crippen LogP contribution in [-0.4, -0.2) is 121 Å². The molecule has 2 unspecified atom stereocenters. The number of likely N-dealkylation sites (tertiary alicyclic amines) is 4. The monoisotopic (exact) mass is 466 g/mol. The zero-order valence-electron chi connectivity index (χ0n) is 21.7. The van der Waals surface area contributed by atoms with Crippen LogP contribution in [0.3, 0.4) is 0 Å². The lowest BCUT2D eigenvalue weighted by Crippen LogP contribution is -2.23. The van der Waals surface area contributed by atoms with Crippen LogP contribution in [0.4, 0.5) is 13.2 Å². The molecule has 4 aliphatic rings. The highest BCUT2D eigenvalue weighted by Crippen LogP contribution is 2.30. The zero-order valence-corrected chi connectivity index (χ0v) is 21.7. The molecule has 4 rings (SSSR count). The molecule has 0 aromatic carbocycles. The van der Waals surface area contributed by atoms with Gasteiger partial charge in [-0.05, 0) is 88.1 Å². The van der Waals surface area contributed by atoms with Crippen LogP contribution in [0.15, 0.2) is 0 Å². The Morgan fingerprint density at radius 3 is 1.44 bits per heavy atom. The van der Waals surface area contributed by atoms with Gasteiger partial charge in [0.25, 0.3) is 5.92 Å². The lowest BCUT2D eigenvalue weighted by molar-refractivity contribution is 0.0141. The molecule has 0 bridgehead atoms. The highest BCUT2D eigenvalue weighted by atomic mass is 19.3. The minimum Gasteiger partial charge on any atom is -0.392 e. The summed E-state index contributed by atoms with van der Waals surface area (Å²) in [6, 6.07) is 1.91. The second-order valence-electron chi connectivity index (χ2n) is 10.6. The third-order valence-corrected chi connectivity index (χ3v) is 7.41. The van der Waals surface area contributed by atoms with Gasteiger partial charge in [-0.25, -0.2) is 13.2 Å². The molecule has 0 radical (unpaired) electrons. The number of hydrogen-bond donors (Lipinski definition) is 1. The first kappa shape index (κ1) is 29.6. The van der Waals surface area contributed by atoms with Gasteiger partial charge in [-0.1, -0.05) is 0 Å². The summed E-state index contributed by atoms with van der Waals surface area (Å²) in [5, 5.41) is 9.03.